The number of benzene rings is 1. The van der Waals surface area contributed by atoms with Crippen LogP contribution in [0, 0.1) is 0 Å². The average molecular weight is 459 g/mol. The van der Waals surface area contributed by atoms with Gasteiger partial charge in [-0.25, -0.2) is 0 Å². The molecule has 3 aromatic rings. The largest absolute Gasteiger partial charge is 0.495 e. The normalized spacial score (nSPS) is 17.9. The first-order valence-electron chi connectivity index (χ1n) is 9.96. The molecule has 0 saturated heterocycles. The molecule has 0 aliphatic carbocycles. The van der Waals surface area contributed by atoms with Gasteiger partial charge in [0.05, 0.1) is 31.5 Å². The zero-order valence-corrected chi connectivity index (χ0v) is 18.7. The van der Waals surface area contributed by atoms with Gasteiger partial charge in [0.1, 0.15) is 22.7 Å². The Morgan fingerprint density at radius 1 is 1.31 bits per heavy atom. The lowest BCUT2D eigenvalue weighted by Gasteiger charge is -2.43. The van der Waals surface area contributed by atoms with Crippen LogP contribution in [-0.2, 0) is 16.1 Å². The van der Waals surface area contributed by atoms with Gasteiger partial charge in [-0.15, -0.1) is 0 Å². The van der Waals surface area contributed by atoms with E-state index in [2.05, 4.69) is 10.4 Å². The predicted octanol–water partition coefficient (Wildman–Crippen LogP) is 2.99. The van der Waals surface area contributed by atoms with Gasteiger partial charge in [0, 0.05) is 25.4 Å². The predicted molar refractivity (Wildman–Crippen MR) is 118 cm³/mol. The highest BCUT2D eigenvalue weighted by Gasteiger charge is 2.49. The van der Waals surface area contributed by atoms with Gasteiger partial charge in [-0.1, -0.05) is 11.6 Å². The zero-order chi connectivity index (χ0) is 22.9. The van der Waals surface area contributed by atoms with Crippen molar-refractivity contribution in [3.05, 3.63) is 53.4 Å². The third-order valence-electron chi connectivity index (χ3n) is 5.40. The molecular formula is C22H23ClN4O5. The van der Waals surface area contributed by atoms with Crippen molar-refractivity contribution in [1.82, 2.24) is 15.1 Å². The van der Waals surface area contributed by atoms with Crippen LogP contribution in [0.1, 0.15) is 17.4 Å². The summed E-state index contributed by atoms with van der Waals surface area (Å²) in [4.78, 5) is 28.4. The molecule has 0 saturated carbocycles. The minimum atomic E-state index is -1.28. The smallest absolute Gasteiger partial charge is 0.277 e. The number of fused-ring (bicyclic) bond motifs is 1. The number of methoxy groups -OCH3 is 2. The van der Waals surface area contributed by atoms with Crippen LogP contribution in [0.3, 0.4) is 0 Å². The molecule has 32 heavy (non-hydrogen) atoms. The van der Waals surface area contributed by atoms with Crippen LogP contribution < -0.4 is 15.0 Å². The molecule has 9 nitrogen and oxygen atoms in total. The fraction of sp³-hybridized carbons (Fsp3) is 0.318. The minimum absolute atomic E-state index is 0.136. The van der Waals surface area contributed by atoms with Crippen LogP contribution >= 0.6 is 11.6 Å². The van der Waals surface area contributed by atoms with E-state index in [9.17, 15) is 9.59 Å². The molecule has 2 amide bonds. The lowest BCUT2D eigenvalue weighted by atomic mass is 9.94. The number of rotatable bonds is 7. The number of anilines is 1. The van der Waals surface area contributed by atoms with Gasteiger partial charge >= 0.3 is 0 Å². The molecule has 1 aliphatic heterocycles. The second-order valence-electron chi connectivity index (χ2n) is 7.53. The molecule has 0 radical (unpaired) electrons. The van der Waals surface area contributed by atoms with Crippen molar-refractivity contribution in [2.24, 2.45) is 0 Å². The van der Waals surface area contributed by atoms with Crippen LogP contribution in [0.15, 0.2) is 47.1 Å². The average Bonchev–Trinajstić information content (AvgIpc) is 3.44. The van der Waals surface area contributed by atoms with Gasteiger partial charge in [-0.2, -0.15) is 5.10 Å². The number of carbonyl (C=O) groups is 2. The fourth-order valence-electron chi connectivity index (χ4n) is 3.78. The van der Waals surface area contributed by atoms with Crippen molar-refractivity contribution >= 4 is 29.1 Å². The summed E-state index contributed by atoms with van der Waals surface area (Å²) in [6.07, 6.45) is 1.54. The highest BCUT2D eigenvalue weighted by Crippen LogP contribution is 2.37. The summed E-state index contributed by atoms with van der Waals surface area (Å²) >= 11 is 6.33. The lowest BCUT2D eigenvalue weighted by molar-refractivity contribution is -0.126. The summed E-state index contributed by atoms with van der Waals surface area (Å²) in [6, 6.07) is 10.1. The van der Waals surface area contributed by atoms with Crippen LogP contribution in [0.5, 0.6) is 5.75 Å². The number of furan rings is 1. The molecule has 0 fully saturated rings. The molecule has 1 unspecified atom stereocenters. The number of carbonyl (C=O) groups excluding carboxylic acids is 2. The third-order valence-corrected chi connectivity index (χ3v) is 5.70. The molecule has 4 rings (SSSR count). The van der Waals surface area contributed by atoms with E-state index in [0.717, 1.165) is 0 Å². The molecule has 10 heteroatoms. The van der Waals surface area contributed by atoms with Crippen molar-refractivity contribution in [2.75, 3.05) is 32.3 Å². The maximum atomic E-state index is 13.7. The maximum Gasteiger partial charge on any atom is 0.277 e. The third kappa shape index (κ3) is 3.74. The van der Waals surface area contributed by atoms with Gasteiger partial charge < -0.3 is 19.2 Å². The number of hydrogen-bond donors (Lipinski definition) is 1. The summed E-state index contributed by atoms with van der Waals surface area (Å²) in [5.41, 5.74) is 0.0418. The molecular weight excluding hydrogens is 436 g/mol. The van der Waals surface area contributed by atoms with Gasteiger partial charge in [0.25, 0.3) is 5.91 Å². The number of aromatic nitrogens is 2. The lowest BCUT2D eigenvalue weighted by Crippen LogP contribution is -2.64. The number of ether oxygens (including phenoxy) is 2. The highest BCUT2D eigenvalue weighted by molar-refractivity contribution is 6.32. The first-order valence-corrected chi connectivity index (χ1v) is 10.3. The number of nitrogens with zero attached hydrogens (tertiary/aromatic N) is 3. The molecule has 1 aliphatic rings. The maximum absolute atomic E-state index is 13.7. The number of amides is 2. The quantitative estimate of drug-likeness (QED) is 0.546. The Morgan fingerprint density at radius 2 is 2.12 bits per heavy atom. The van der Waals surface area contributed by atoms with E-state index in [4.69, 9.17) is 25.5 Å². The summed E-state index contributed by atoms with van der Waals surface area (Å²) in [7, 11) is 3.06. The first kappa shape index (κ1) is 21.9. The van der Waals surface area contributed by atoms with Gasteiger partial charge in [-0.05, 0) is 37.3 Å². The monoisotopic (exact) mass is 458 g/mol. The van der Waals surface area contributed by atoms with Crippen LogP contribution in [-0.4, -0.2) is 54.5 Å². The first-order chi connectivity index (χ1) is 15.4. The Kier molecular flexibility index (Phi) is 5.94. The van der Waals surface area contributed by atoms with Gasteiger partial charge in [0.2, 0.25) is 5.91 Å². The molecule has 0 spiro atoms. The van der Waals surface area contributed by atoms with E-state index in [0.29, 0.717) is 46.8 Å². The standard InChI is InChI=1S/C22H23ClN4O5/c1-22(21(29)24-8-10-30-2)13-26-17(12-16(25-26)19-5-4-9-32-19)20(28)27(22)14-6-7-18(31-3)15(23)11-14/h4-7,9,11-12H,8,10,13H2,1-3H3,(H,24,29). The van der Waals surface area contributed by atoms with Crippen molar-refractivity contribution in [3.8, 4) is 17.2 Å². The van der Waals surface area contributed by atoms with E-state index in [-0.39, 0.29) is 18.4 Å². The van der Waals surface area contributed by atoms with E-state index in [1.807, 2.05) is 0 Å². The Labute approximate surface area is 189 Å². The zero-order valence-electron chi connectivity index (χ0n) is 17.9. The highest BCUT2D eigenvalue weighted by atomic mass is 35.5. The van der Waals surface area contributed by atoms with Gasteiger partial charge in [0.15, 0.2) is 5.76 Å². The van der Waals surface area contributed by atoms with E-state index >= 15 is 0 Å². The summed E-state index contributed by atoms with van der Waals surface area (Å²) < 4.78 is 17.2. The minimum Gasteiger partial charge on any atom is -0.495 e. The molecule has 2 aromatic heterocycles. The molecule has 1 N–H and O–H groups in total. The number of hydrogen-bond acceptors (Lipinski definition) is 6. The Hall–Kier alpha value is -3.30. The van der Waals surface area contributed by atoms with Crippen LogP contribution in [0.25, 0.3) is 11.5 Å². The Balaban J connectivity index is 1.79. The second-order valence-corrected chi connectivity index (χ2v) is 7.94. The second kappa shape index (κ2) is 8.68. The number of nitrogens with one attached hydrogen (secondary N) is 1. The summed E-state index contributed by atoms with van der Waals surface area (Å²) in [5.74, 6) is 0.281. The molecule has 3 heterocycles. The van der Waals surface area contributed by atoms with E-state index < -0.39 is 5.54 Å². The topological polar surface area (TPSA) is 98.8 Å². The van der Waals surface area contributed by atoms with Crippen molar-refractivity contribution in [1.29, 1.82) is 0 Å². The van der Waals surface area contributed by atoms with Crippen molar-refractivity contribution in [2.45, 2.75) is 19.0 Å². The van der Waals surface area contributed by atoms with Crippen LogP contribution in [0.4, 0.5) is 5.69 Å². The molecule has 0 bridgehead atoms. The Morgan fingerprint density at radius 3 is 2.78 bits per heavy atom. The van der Waals surface area contributed by atoms with Crippen molar-refractivity contribution < 1.29 is 23.5 Å². The fourth-order valence-corrected chi connectivity index (χ4v) is 4.03. The molecule has 1 aromatic carbocycles. The summed E-state index contributed by atoms with van der Waals surface area (Å²) in [6.45, 7) is 2.49. The van der Waals surface area contributed by atoms with E-state index in [1.54, 1.807) is 50.4 Å². The van der Waals surface area contributed by atoms with Gasteiger partial charge in [-0.3, -0.25) is 19.2 Å². The van der Waals surface area contributed by atoms with Crippen LogP contribution in [0.2, 0.25) is 5.02 Å². The Bertz CT molecular complexity index is 1140. The molecule has 168 valence electrons. The van der Waals surface area contributed by atoms with Crippen molar-refractivity contribution in [3.63, 3.8) is 0 Å². The summed E-state index contributed by atoms with van der Waals surface area (Å²) in [5, 5.41) is 7.69. The molecule has 1 atom stereocenters. The number of halogens is 1. The van der Waals surface area contributed by atoms with E-state index in [1.165, 1.54) is 23.0 Å². The SMILES string of the molecule is COCCNC(=O)C1(C)Cn2nc(-c3ccco3)cc2C(=O)N1c1ccc(OC)c(Cl)c1.